The molecular formula is C15H18ClNO. The van der Waals surface area contributed by atoms with Crippen molar-refractivity contribution in [2.75, 3.05) is 0 Å². The summed E-state index contributed by atoms with van der Waals surface area (Å²) in [6, 6.07) is 10.3. The second-order valence-corrected chi connectivity index (χ2v) is 6.04. The van der Waals surface area contributed by atoms with Crippen LogP contribution in [0.5, 0.6) is 0 Å². The van der Waals surface area contributed by atoms with Crippen LogP contribution in [0.4, 0.5) is 0 Å². The standard InChI is InChI=1S/C15H18ClNO/c16-12-7-4-8-13(12)17-14(18)15(9-10-15)11-5-2-1-3-6-11/h1-3,5-6,12-13H,4,7-10H2,(H,17,18). The maximum Gasteiger partial charge on any atom is 0.230 e. The Morgan fingerprint density at radius 3 is 2.50 bits per heavy atom. The molecule has 0 aromatic heterocycles. The van der Waals surface area contributed by atoms with E-state index in [-0.39, 0.29) is 22.7 Å². The fraction of sp³-hybridized carbons (Fsp3) is 0.533. The second-order valence-electron chi connectivity index (χ2n) is 5.47. The molecule has 3 rings (SSSR count). The molecule has 0 radical (unpaired) electrons. The molecule has 2 fully saturated rings. The van der Waals surface area contributed by atoms with Gasteiger partial charge in [-0.05, 0) is 37.7 Å². The van der Waals surface area contributed by atoms with Crippen molar-refractivity contribution in [2.45, 2.75) is 48.9 Å². The Morgan fingerprint density at radius 1 is 1.22 bits per heavy atom. The molecule has 2 aliphatic carbocycles. The van der Waals surface area contributed by atoms with E-state index in [1.807, 2.05) is 18.2 Å². The number of alkyl halides is 1. The third-order valence-electron chi connectivity index (χ3n) is 4.26. The van der Waals surface area contributed by atoms with Crippen molar-refractivity contribution in [2.24, 2.45) is 0 Å². The minimum absolute atomic E-state index is 0.112. The lowest BCUT2D eigenvalue weighted by molar-refractivity contribution is -0.124. The predicted molar refractivity (Wildman–Crippen MR) is 72.8 cm³/mol. The number of halogens is 1. The third kappa shape index (κ3) is 2.03. The zero-order valence-corrected chi connectivity index (χ0v) is 11.1. The van der Waals surface area contributed by atoms with Gasteiger partial charge in [-0.3, -0.25) is 4.79 Å². The van der Waals surface area contributed by atoms with E-state index in [0.29, 0.717) is 0 Å². The minimum Gasteiger partial charge on any atom is -0.351 e. The van der Waals surface area contributed by atoms with Crippen LogP contribution in [-0.2, 0) is 10.2 Å². The monoisotopic (exact) mass is 263 g/mol. The summed E-state index contributed by atoms with van der Waals surface area (Å²) < 4.78 is 0. The van der Waals surface area contributed by atoms with Crippen LogP contribution >= 0.6 is 11.6 Å². The molecule has 2 aliphatic rings. The molecule has 3 heteroatoms. The summed E-state index contributed by atoms with van der Waals surface area (Å²) in [4.78, 5) is 12.5. The molecule has 18 heavy (non-hydrogen) atoms. The maximum atomic E-state index is 12.5. The van der Waals surface area contributed by atoms with Gasteiger partial charge in [-0.2, -0.15) is 0 Å². The fourth-order valence-corrected chi connectivity index (χ4v) is 3.26. The molecule has 0 heterocycles. The maximum absolute atomic E-state index is 12.5. The van der Waals surface area contributed by atoms with E-state index >= 15 is 0 Å². The SMILES string of the molecule is O=C(NC1CCCC1Cl)C1(c2ccccc2)CC1. The van der Waals surface area contributed by atoms with Gasteiger partial charge in [0.2, 0.25) is 5.91 Å². The molecule has 2 unspecified atom stereocenters. The Kier molecular flexibility index (Phi) is 3.06. The molecule has 0 bridgehead atoms. The first kappa shape index (κ1) is 12.0. The normalized spacial score (nSPS) is 28.9. The Bertz CT molecular complexity index is 441. The molecular weight excluding hydrogens is 246 g/mol. The van der Waals surface area contributed by atoms with Gasteiger partial charge in [-0.1, -0.05) is 30.3 Å². The first-order valence-corrected chi connectivity index (χ1v) is 7.17. The van der Waals surface area contributed by atoms with Crippen LogP contribution in [-0.4, -0.2) is 17.3 Å². The van der Waals surface area contributed by atoms with Gasteiger partial charge < -0.3 is 5.32 Å². The van der Waals surface area contributed by atoms with Gasteiger partial charge in [-0.15, -0.1) is 11.6 Å². The largest absolute Gasteiger partial charge is 0.351 e. The van der Waals surface area contributed by atoms with E-state index in [4.69, 9.17) is 11.6 Å². The lowest BCUT2D eigenvalue weighted by Gasteiger charge is -2.21. The third-order valence-corrected chi connectivity index (χ3v) is 4.78. The second kappa shape index (κ2) is 4.58. The van der Waals surface area contributed by atoms with Crippen molar-refractivity contribution in [3.05, 3.63) is 35.9 Å². The van der Waals surface area contributed by atoms with Crippen LogP contribution in [0, 0.1) is 0 Å². The number of amides is 1. The number of hydrogen-bond donors (Lipinski definition) is 1. The van der Waals surface area contributed by atoms with Gasteiger partial charge in [0.05, 0.1) is 10.8 Å². The van der Waals surface area contributed by atoms with Crippen molar-refractivity contribution in [1.82, 2.24) is 5.32 Å². The smallest absolute Gasteiger partial charge is 0.230 e. The number of carbonyl (C=O) groups excluding carboxylic acids is 1. The van der Waals surface area contributed by atoms with Crippen LogP contribution in [0.2, 0.25) is 0 Å². The van der Waals surface area contributed by atoms with Gasteiger partial charge in [-0.25, -0.2) is 0 Å². The van der Waals surface area contributed by atoms with Gasteiger partial charge in [0.25, 0.3) is 0 Å². The van der Waals surface area contributed by atoms with Crippen LogP contribution in [0.15, 0.2) is 30.3 Å². The Labute approximate surface area is 113 Å². The quantitative estimate of drug-likeness (QED) is 0.835. The highest BCUT2D eigenvalue weighted by Gasteiger charge is 2.51. The Morgan fingerprint density at radius 2 is 1.94 bits per heavy atom. The van der Waals surface area contributed by atoms with Crippen molar-refractivity contribution < 1.29 is 4.79 Å². The van der Waals surface area contributed by atoms with Crippen LogP contribution in [0.3, 0.4) is 0 Å². The average Bonchev–Trinajstić information content (AvgIpc) is 3.12. The molecule has 1 amide bonds. The molecule has 0 saturated heterocycles. The molecule has 2 atom stereocenters. The van der Waals surface area contributed by atoms with E-state index in [9.17, 15) is 4.79 Å². The summed E-state index contributed by atoms with van der Waals surface area (Å²) in [6.07, 6.45) is 5.08. The van der Waals surface area contributed by atoms with Crippen molar-refractivity contribution in [3.8, 4) is 0 Å². The van der Waals surface area contributed by atoms with E-state index in [0.717, 1.165) is 37.7 Å². The lowest BCUT2D eigenvalue weighted by Crippen LogP contribution is -2.43. The van der Waals surface area contributed by atoms with Gasteiger partial charge in [0.15, 0.2) is 0 Å². The Balaban J connectivity index is 1.73. The summed E-state index contributed by atoms with van der Waals surface area (Å²) in [6.45, 7) is 0. The minimum atomic E-state index is -0.263. The van der Waals surface area contributed by atoms with E-state index < -0.39 is 0 Å². The van der Waals surface area contributed by atoms with Crippen LogP contribution in [0.25, 0.3) is 0 Å². The van der Waals surface area contributed by atoms with Crippen molar-refractivity contribution in [1.29, 1.82) is 0 Å². The number of rotatable bonds is 3. The van der Waals surface area contributed by atoms with Gasteiger partial charge in [0, 0.05) is 6.04 Å². The molecule has 2 saturated carbocycles. The molecule has 1 aromatic rings. The summed E-state index contributed by atoms with van der Waals surface area (Å²) in [5.74, 6) is 0.172. The Hall–Kier alpha value is -1.02. The molecule has 96 valence electrons. The topological polar surface area (TPSA) is 29.1 Å². The number of hydrogen-bond acceptors (Lipinski definition) is 1. The first-order chi connectivity index (χ1) is 8.72. The summed E-state index contributed by atoms with van der Waals surface area (Å²) in [7, 11) is 0. The zero-order valence-electron chi connectivity index (χ0n) is 10.4. The summed E-state index contributed by atoms with van der Waals surface area (Å²) in [5, 5.41) is 3.27. The van der Waals surface area contributed by atoms with Crippen molar-refractivity contribution in [3.63, 3.8) is 0 Å². The average molecular weight is 264 g/mol. The molecule has 0 spiro atoms. The number of benzene rings is 1. The number of carbonyl (C=O) groups is 1. The summed E-state index contributed by atoms with van der Waals surface area (Å²) in [5.41, 5.74) is 0.882. The van der Waals surface area contributed by atoms with Crippen LogP contribution in [0.1, 0.15) is 37.7 Å². The molecule has 1 aromatic carbocycles. The van der Waals surface area contributed by atoms with Crippen LogP contribution < -0.4 is 5.32 Å². The van der Waals surface area contributed by atoms with Gasteiger partial charge >= 0.3 is 0 Å². The molecule has 2 nitrogen and oxygen atoms in total. The fourth-order valence-electron chi connectivity index (χ4n) is 2.91. The van der Waals surface area contributed by atoms with E-state index in [1.54, 1.807) is 0 Å². The molecule has 0 aliphatic heterocycles. The van der Waals surface area contributed by atoms with E-state index in [1.165, 1.54) is 0 Å². The number of nitrogens with one attached hydrogen (secondary N) is 1. The first-order valence-electron chi connectivity index (χ1n) is 6.73. The predicted octanol–water partition coefficient (Wildman–Crippen LogP) is 2.99. The highest BCUT2D eigenvalue weighted by Crippen LogP contribution is 2.48. The molecule has 1 N–H and O–H groups in total. The van der Waals surface area contributed by atoms with Gasteiger partial charge in [0.1, 0.15) is 0 Å². The van der Waals surface area contributed by atoms with Crippen molar-refractivity contribution >= 4 is 17.5 Å². The highest BCUT2D eigenvalue weighted by atomic mass is 35.5. The highest BCUT2D eigenvalue weighted by molar-refractivity contribution is 6.21. The van der Waals surface area contributed by atoms with E-state index in [2.05, 4.69) is 17.4 Å². The zero-order chi connectivity index (χ0) is 12.6. The summed E-state index contributed by atoms with van der Waals surface area (Å²) >= 11 is 6.22. The lowest BCUT2D eigenvalue weighted by atomic mass is 9.94.